The topological polar surface area (TPSA) is 77.1 Å². The summed E-state index contributed by atoms with van der Waals surface area (Å²) in [5.74, 6) is -4.02. The van der Waals surface area contributed by atoms with Crippen molar-refractivity contribution in [1.82, 2.24) is 4.90 Å². The molecule has 2 saturated carbocycles. The van der Waals surface area contributed by atoms with Crippen LogP contribution in [0.15, 0.2) is 22.7 Å². The molecule has 6 aliphatic heterocycles. The SMILES string of the molecule is C[C@@H]1CC[C@H]2C(COCCN(C)CCOCC3=C(C(F)(F)F)O[C@@H]4O[C@H]5CCC6[C@H](C)CC[C@@H]3[C@]64OO5)=C(C(F)(F)F)O[C@@]3(C)O[C@@H](C)CCC1C23. The van der Waals surface area contributed by atoms with Crippen LogP contribution in [0.3, 0.4) is 0 Å². The van der Waals surface area contributed by atoms with E-state index < -0.39 is 53.8 Å². The molecule has 0 aromatic carbocycles. The molecule has 3 unspecified atom stereocenters. The molecule has 1 spiro atoms. The molecule has 4 saturated heterocycles. The summed E-state index contributed by atoms with van der Waals surface area (Å²) in [6.45, 7) is 8.30. The minimum Gasteiger partial charge on any atom is -0.457 e. The summed E-state index contributed by atoms with van der Waals surface area (Å²) in [6, 6.07) is 0. The van der Waals surface area contributed by atoms with Crippen LogP contribution in [0.4, 0.5) is 26.3 Å². The Bertz CT molecular complexity index is 1370. The Morgan fingerprint density at radius 1 is 0.788 bits per heavy atom. The lowest BCUT2D eigenvalue weighted by Gasteiger charge is -2.56. The zero-order chi connectivity index (χ0) is 37.2. The number of ether oxygens (including phenoxy) is 6. The van der Waals surface area contributed by atoms with Gasteiger partial charge in [-0.25, -0.2) is 9.78 Å². The monoisotopic (exact) mass is 753 g/mol. The number of allylic oxidation sites excluding steroid dienone is 2. The molecular formula is C37H53F6NO8. The standard InChI is InChI=1S/C37H53F6NO8/c1-20-6-9-24-25(32(37(41,42)43)50-34(4)30(24)23(20)10-8-22(3)49-34)18-45-16-14-44(5)15-17-46-19-26-28-11-7-21(2)27-12-13-29-47-33(35(27,28)52-51-29)48-31(26)36(38,39)40/h20-24,27-30,33H,6-19H2,1-5H3/t20-,21-,22+,23?,24+,27?,28+,29-,30?,33+,34-,35-/m1/s1. The minimum absolute atomic E-state index is 0.00611. The quantitative estimate of drug-likeness (QED) is 0.127. The maximum absolute atomic E-state index is 14.5. The first-order valence-electron chi connectivity index (χ1n) is 19.0. The molecule has 12 atom stereocenters. The summed E-state index contributed by atoms with van der Waals surface area (Å²) < 4.78 is 122. The Labute approximate surface area is 301 Å². The Morgan fingerprint density at radius 3 is 2.15 bits per heavy atom. The highest BCUT2D eigenvalue weighted by atomic mass is 19.4. The van der Waals surface area contributed by atoms with Crippen molar-refractivity contribution in [3.8, 4) is 0 Å². The second-order valence-electron chi connectivity index (χ2n) is 16.4. The number of halogens is 6. The van der Waals surface area contributed by atoms with E-state index in [1.807, 2.05) is 11.8 Å². The van der Waals surface area contributed by atoms with Crippen molar-refractivity contribution in [2.24, 2.45) is 41.4 Å². The van der Waals surface area contributed by atoms with Crippen molar-refractivity contribution in [2.45, 2.75) is 121 Å². The Morgan fingerprint density at radius 2 is 1.46 bits per heavy atom. The average molecular weight is 754 g/mol. The molecule has 0 aromatic heterocycles. The maximum Gasteiger partial charge on any atom is 0.449 e. The van der Waals surface area contributed by atoms with Gasteiger partial charge in [0.05, 0.1) is 32.5 Å². The van der Waals surface area contributed by atoms with Gasteiger partial charge in [-0.1, -0.05) is 13.8 Å². The van der Waals surface area contributed by atoms with Crippen molar-refractivity contribution < 1.29 is 64.5 Å². The summed E-state index contributed by atoms with van der Waals surface area (Å²) in [5, 5.41) is 0. The van der Waals surface area contributed by atoms with E-state index in [1.54, 1.807) is 14.0 Å². The second kappa shape index (κ2) is 14.5. The van der Waals surface area contributed by atoms with Crippen LogP contribution >= 0.6 is 0 Å². The zero-order valence-corrected chi connectivity index (χ0v) is 30.7. The minimum atomic E-state index is -4.75. The molecule has 0 radical (unpaired) electrons. The van der Waals surface area contributed by atoms with Crippen LogP contribution in [0.1, 0.15) is 79.1 Å². The lowest BCUT2D eigenvalue weighted by molar-refractivity contribution is -0.528. The lowest BCUT2D eigenvalue weighted by Crippen LogP contribution is -2.66. The first kappa shape index (κ1) is 38.6. The van der Waals surface area contributed by atoms with Gasteiger partial charge in [-0.15, -0.1) is 0 Å². The molecule has 6 fully saturated rings. The van der Waals surface area contributed by atoms with Gasteiger partial charge < -0.3 is 33.3 Å². The average Bonchev–Trinajstić information content (AvgIpc) is 3.42. The zero-order valence-electron chi connectivity index (χ0n) is 30.7. The smallest absolute Gasteiger partial charge is 0.449 e. The van der Waals surface area contributed by atoms with Gasteiger partial charge in [0.2, 0.25) is 23.6 Å². The molecule has 0 aromatic rings. The summed E-state index contributed by atoms with van der Waals surface area (Å²) in [5.41, 5.74) is -1.03. The molecule has 15 heteroatoms. The van der Waals surface area contributed by atoms with Crippen LogP contribution in [0.2, 0.25) is 0 Å². The number of nitrogens with zero attached hydrogens (tertiary/aromatic N) is 1. The molecule has 0 amide bonds. The fourth-order valence-electron chi connectivity index (χ4n) is 10.6. The summed E-state index contributed by atoms with van der Waals surface area (Å²) in [7, 11) is 1.80. The largest absolute Gasteiger partial charge is 0.457 e. The van der Waals surface area contributed by atoms with E-state index >= 15 is 0 Å². The van der Waals surface area contributed by atoms with Gasteiger partial charge >= 0.3 is 12.4 Å². The molecule has 9 nitrogen and oxygen atoms in total. The van der Waals surface area contributed by atoms with Gasteiger partial charge in [0, 0.05) is 55.3 Å². The number of hydrogen-bond acceptors (Lipinski definition) is 9. The lowest BCUT2D eigenvalue weighted by atomic mass is 9.59. The summed E-state index contributed by atoms with van der Waals surface area (Å²) in [6.07, 6.45) is -6.16. The third-order valence-electron chi connectivity index (χ3n) is 13.1. The van der Waals surface area contributed by atoms with E-state index in [1.165, 1.54) is 0 Å². The Kier molecular flexibility index (Phi) is 10.8. The van der Waals surface area contributed by atoms with Gasteiger partial charge in [-0.05, 0) is 82.6 Å². The molecule has 2 bridgehead atoms. The fraction of sp³-hybridized carbons (Fsp3) is 0.892. The fourth-order valence-corrected chi connectivity index (χ4v) is 10.6. The molecule has 8 aliphatic rings. The van der Waals surface area contributed by atoms with E-state index in [0.717, 1.165) is 25.7 Å². The van der Waals surface area contributed by atoms with Crippen LogP contribution in [-0.4, -0.2) is 93.9 Å². The van der Waals surface area contributed by atoms with E-state index in [0.29, 0.717) is 44.7 Å². The molecule has 8 rings (SSSR count). The van der Waals surface area contributed by atoms with E-state index in [4.69, 9.17) is 38.2 Å². The van der Waals surface area contributed by atoms with Gasteiger partial charge in [0.15, 0.2) is 11.9 Å². The third kappa shape index (κ3) is 7.02. The van der Waals surface area contributed by atoms with Gasteiger partial charge in [-0.3, -0.25) is 0 Å². The number of likely N-dealkylation sites (N-methyl/N-ethyl adjacent to an activating group) is 1. The normalized spacial score (nSPS) is 41.9. The highest BCUT2D eigenvalue weighted by Crippen LogP contribution is 2.60. The predicted octanol–water partition coefficient (Wildman–Crippen LogP) is 7.66. The predicted molar refractivity (Wildman–Crippen MR) is 173 cm³/mol. The van der Waals surface area contributed by atoms with Gasteiger partial charge in [-0.2, -0.15) is 26.3 Å². The van der Waals surface area contributed by atoms with E-state index in [-0.39, 0.29) is 73.3 Å². The molecular weight excluding hydrogens is 700 g/mol. The summed E-state index contributed by atoms with van der Waals surface area (Å²) >= 11 is 0. The maximum atomic E-state index is 14.5. The van der Waals surface area contributed by atoms with Crippen LogP contribution in [0.25, 0.3) is 0 Å². The van der Waals surface area contributed by atoms with Crippen molar-refractivity contribution in [3.05, 3.63) is 22.7 Å². The van der Waals surface area contributed by atoms with Crippen LogP contribution in [0.5, 0.6) is 0 Å². The number of alkyl halides is 6. The van der Waals surface area contributed by atoms with Crippen LogP contribution < -0.4 is 0 Å². The first-order chi connectivity index (χ1) is 24.5. The molecule has 0 N–H and O–H groups in total. The first-order valence-corrected chi connectivity index (χ1v) is 19.0. The van der Waals surface area contributed by atoms with Gasteiger partial charge in [0.25, 0.3) is 0 Å². The van der Waals surface area contributed by atoms with Crippen molar-refractivity contribution in [1.29, 1.82) is 0 Å². The number of rotatable bonds is 10. The highest BCUT2D eigenvalue weighted by Gasteiger charge is 2.68. The summed E-state index contributed by atoms with van der Waals surface area (Å²) in [4.78, 5) is 13.3. The van der Waals surface area contributed by atoms with Crippen LogP contribution in [0, 0.1) is 41.4 Å². The second-order valence-corrected chi connectivity index (χ2v) is 16.4. The third-order valence-corrected chi connectivity index (χ3v) is 13.1. The highest BCUT2D eigenvalue weighted by molar-refractivity contribution is 5.28. The Balaban J connectivity index is 0.959. The van der Waals surface area contributed by atoms with Crippen molar-refractivity contribution >= 4 is 0 Å². The molecule has 6 heterocycles. The van der Waals surface area contributed by atoms with Crippen molar-refractivity contribution in [2.75, 3.05) is 46.6 Å². The van der Waals surface area contributed by atoms with Crippen LogP contribution in [-0.2, 0) is 38.2 Å². The van der Waals surface area contributed by atoms with E-state index in [9.17, 15) is 26.3 Å². The number of hydrogen-bond donors (Lipinski definition) is 0. The Hall–Kier alpha value is -1.62. The molecule has 52 heavy (non-hydrogen) atoms. The molecule has 296 valence electrons. The van der Waals surface area contributed by atoms with Crippen molar-refractivity contribution in [3.63, 3.8) is 0 Å². The number of fused-ring (bicyclic) bond motifs is 2. The molecule has 2 aliphatic carbocycles. The van der Waals surface area contributed by atoms with Gasteiger partial charge in [0.1, 0.15) is 0 Å². The van der Waals surface area contributed by atoms with E-state index in [2.05, 4.69) is 13.8 Å².